The smallest absolute Gasteiger partial charge is 0.267 e. The highest BCUT2D eigenvalue weighted by Crippen LogP contribution is 2.25. The predicted molar refractivity (Wildman–Crippen MR) is 70.3 cm³/mol. The van der Waals surface area contributed by atoms with Crippen LogP contribution in [0, 0.1) is 6.92 Å². The third kappa shape index (κ3) is 1.93. The zero-order chi connectivity index (χ0) is 12.4. The summed E-state index contributed by atoms with van der Waals surface area (Å²) < 4.78 is 1.93. The van der Waals surface area contributed by atoms with E-state index in [2.05, 4.69) is 24.2 Å². The SMILES string of the molecule is CCc1c(-c2ccccc2C)n(CC)[nH]c1=O. The molecule has 0 amide bonds. The molecule has 0 bridgehead atoms. The molecule has 0 unspecified atom stereocenters. The summed E-state index contributed by atoms with van der Waals surface area (Å²) in [7, 11) is 0. The highest BCUT2D eigenvalue weighted by atomic mass is 16.1. The summed E-state index contributed by atoms with van der Waals surface area (Å²) in [6.07, 6.45) is 0.756. The van der Waals surface area contributed by atoms with Crippen LogP contribution in [0.3, 0.4) is 0 Å². The molecule has 3 heteroatoms. The van der Waals surface area contributed by atoms with Gasteiger partial charge in [-0.15, -0.1) is 0 Å². The van der Waals surface area contributed by atoms with E-state index in [1.807, 2.05) is 30.7 Å². The third-order valence-corrected chi connectivity index (χ3v) is 3.14. The average Bonchev–Trinajstić information content (AvgIpc) is 2.66. The first-order valence-electron chi connectivity index (χ1n) is 6.06. The van der Waals surface area contributed by atoms with Crippen molar-refractivity contribution in [2.45, 2.75) is 33.7 Å². The Bertz CT molecular complexity index is 578. The summed E-state index contributed by atoms with van der Waals surface area (Å²) in [5.41, 5.74) is 4.29. The normalized spacial score (nSPS) is 10.8. The van der Waals surface area contributed by atoms with E-state index in [4.69, 9.17) is 0 Å². The van der Waals surface area contributed by atoms with Gasteiger partial charge in [0.25, 0.3) is 5.56 Å². The van der Waals surface area contributed by atoms with Gasteiger partial charge in [-0.2, -0.15) is 0 Å². The van der Waals surface area contributed by atoms with Crippen LogP contribution in [-0.2, 0) is 13.0 Å². The first-order chi connectivity index (χ1) is 8.19. The highest BCUT2D eigenvalue weighted by Gasteiger charge is 2.15. The van der Waals surface area contributed by atoms with Crippen molar-refractivity contribution in [2.75, 3.05) is 0 Å². The van der Waals surface area contributed by atoms with Crippen LogP contribution in [0.5, 0.6) is 0 Å². The molecule has 0 aliphatic rings. The molecule has 0 atom stereocenters. The van der Waals surface area contributed by atoms with Crippen LogP contribution < -0.4 is 5.56 Å². The fraction of sp³-hybridized carbons (Fsp3) is 0.357. The first kappa shape index (κ1) is 11.7. The quantitative estimate of drug-likeness (QED) is 0.865. The van der Waals surface area contributed by atoms with Gasteiger partial charge in [-0.3, -0.25) is 14.6 Å². The molecule has 0 aliphatic heterocycles. The Labute approximate surface area is 101 Å². The lowest BCUT2D eigenvalue weighted by atomic mass is 10.0. The maximum atomic E-state index is 11.9. The molecule has 1 N–H and O–H groups in total. The molecular weight excluding hydrogens is 212 g/mol. The van der Waals surface area contributed by atoms with Crippen molar-refractivity contribution in [3.05, 3.63) is 45.7 Å². The molecule has 1 aromatic heterocycles. The van der Waals surface area contributed by atoms with Crippen LogP contribution >= 0.6 is 0 Å². The summed E-state index contributed by atoms with van der Waals surface area (Å²) in [5.74, 6) is 0. The van der Waals surface area contributed by atoms with Gasteiger partial charge in [-0.25, -0.2) is 0 Å². The molecule has 2 aromatic rings. The minimum atomic E-state index is 0.0348. The number of rotatable bonds is 3. The van der Waals surface area contributed by atoms with Crippen LogP contribution in [0.2, 0.25) is 0 Å². The van der Waals surface area contributed by atoms with E-state index in [9.17, 15) is 4.79 Å². The monoisotopic (exact) mass is 230 g/mol. The standard InChI is InChI=1S/C14H18N2O/c1-4-11-13(16(5-2)15-14(11)17)12-9-7-6-8-10(12)3/h6-9H,4-5H2,1-3H3,(H,15,17). The Balaban J connectivity index is 2.74. The molecular formula is C14H18N2O. The van der Waals surface area contributed by atoms with Gasteiger partial charge in [0.1, 0.15) is 0 Å². The number of H-pyrrole nitrogens is 1. The van der Waals surface area contributed by atoms with E-state index in [0.29, 0.717) is 0 Å². The topological polar surface area (TPSA) is 37.8 Å². The van der Waals surface area contributed by atoms with Crippen molar-refractivity contribution in [3.63, 3.8) is 0 Å². The molecule has 0 radical (unpaired) electrons. The van der Waals surface area contributed by atoms with Gasteiger partial charge in [0, 0.05) is 17.7 Å². The van der Waals surface area contributed by atoms with E-state index in [0.717, 1.165) is 29.8 Å². The largest absolute Gasteiger partial charge is 0.284 e. The van der Waals surface area contributed by atoms with E-state index >= 15 is 0 Å². The summed E-state index contributed by atoms with van der Waals surface area (Å²) in [6, 6.07) is 8.18. The Morgan fingerprint density at radius 1 is 1.24 bits per heavy atom. The zero-order valence-corrected chi connectivity index (χ0v) is 10.6. The Kier molecular flexibility index (Phi) is 3.18. The molecule has 17 heavy (non-hydrogen) atoms. The van der Waals surface area contributed by atoms with E-state index in [1.54, 1.807) is 0 Å². The number of hydrogen-bond acceptors (Lipinski definition) is 1. The maximum Gasteiger partial charge on any atom is 0.267 e. The van der Waals surface area contributed by atoms with Gasteiger partial charge in [0.2, 0.25) is 0 Å². The fourth-order valence-corrected chi connectivity index (χ4v) is 2.23. The number of benzene rings is 1. The molecule has 1 heterocycles. The molecule has 2 rings (SSSR count). The molecule has 0 saturated carbocycles. The number of nitrogens with one attached hydrogen (secondary N) is 1. The van der Waals surface area contributed by atoms with Crippen molar-refractivity contribution in [1.82, 2.24) is 9.78 Å². The predicted octanol–water partition coefficient (Wildman–Crippen LogP) is 2.73. The lowest BCUT2D eigenvalue weighted by Crippen LogP contribution is -2.06. The second kappa shape index (κ2) is 4.62. The number of aromatic nitrogens is 2. The van der Waals surface area contributed by atoms with E-state index in [1.165, 1.54) is 5.56 Å². The van der Waals surface area contributed by atoms with E-state index < -0.39 is 0 Å². The molecule has 1 aromatic carbocycles. The molecule has 90 valence electrons. The number of aromatic amines is 1. The Morgan fingerprint density at radius 2 is 1.94 bits per heavy atom. The first-order valence-corrected chi connectivity index (χ1v) is 6.06. The Hall–Kier alpha value is -1.77. The zero-order valence-electron chi connectivity index (χ0n) is 10.6. The summed E-state index contributed by atoms with van der Waals surface area (Å²) in [5, 5.41) is 2.90. The van der Waals surface area contributed by atoms with Crippen molar-refractivity contribution in [3.8, 4) is 11.3 Å². The average molecular weight is 230 g/mol. The third-order valence-electron chi connectivity index (χ3n) is 3.14. The fourth-order valence-electron chi connectivity index (χ4n) is 2.23. The second-order valence-corrected chi connectivity index (χ2v) is 4.18. The molecule has 3 nitrogen and oxygen atoms in total. The van der Waals surface area contributed by atoms with Gasteiger partial charge < -0.3 is 0 Å². The summed E-state index contributed by atoms with van der Waals surface area (Å²) in [6.45, 7) is 6.91. The Morgan fingerprint density at radius 3 is 2.53 bits per heavy atom. The molecule has 0 fully saturated rings. The van der Waals surface area contributed by atoms with Crippen LogP contribution in [0.15, 0.2) is 29.1 Å². The van der Waals surface area contributed by atoms with Gasteiger partial charge >= 0.3 is 0 Å². The molecule has 0 saturated heterocycles. The lowest BCUT2D eigenvalue weighted by Gasteiger charge is -2.10. The van der Waals surface area contributed by atoms with Gasteiger partial charge in [0.15, 0.2) is 0 Å². The maximum absolute atomic E-state index is 11.9. The van der Waals surface area contributed by atoms with E-state index in [-0.39, 0.29) is 5.56 Å². The summed E-state index contributed by atoms with van der Waals surface area (Å²) in [4.78, 5) is 11.9. The minimum Gasteiger partial charge on any atom is -0.284 e. The van der Waals surface area contributed by atoms with Gasteiger partial charge in [0.05, 0.1) is 5.69 Å². The van der Waals surface area contributed by atoms with Crippen molar-refractivity contribution in [2.24, 2.45) is 0 Å². The van der Waals surface area contributed by atoms with Crippen molar-refractivity contribution >= 4 is 0 Å². The number of nitrogens with zero attached hydrogens (tertiary/aromatic N) is 1. The van der Waals surface area contributed by atoms with Crippen LogP contribution in [0.1, 0.15) is 25.0 Å². The van der Waals surface area contributed by atoms with Gasteiger partial charge in [-0.1, -0.05) is 31.2 Å². The lowest BCUT2D eigenvalue weighted by molar-refractivity contribution is 0.659. The molecule has 0 spiro atoms. The van der Waals surface area contributed by atoms with Crippen LogP contribution in [-0.4, -0.2) is 9.78 Å². The van der Waals surface area contributed by atoms with Crippen molar-refractivity contribution in [1.29, 1.82) is 0 Å². The van der Waals surface area contributed by atoms with Crippen LogP contribution in [0.25, 0.3) is 11.3 Å². The van der Waals surface area contributed by atoms with Gasteiger partial charge in [-0.05, 0) is 25.8 Å². The molecule has 0 aliphatic carbocycles. The minimum absolute atomic E-state index is 0.0348. The summed E-state index contributed by atoms with van der Waals surface area (Å²) >= 11 is 0. The second-order valence-electron chi connectivity index (χ2n) is 4.18. The van der Waals surface area contributed by atoms with Crippen molar-refractivity contribution < 1.29 is 0 Å². The number of hydrogen-bond donors (Lipinski definition) is 1. The highest BCUT2D eigenvalue weighted by molar-refractivity contribution is 5.67. The number of aryl methyl sites for hydroxylation is 2. The van der Waals surface area contributed by atoms with Crippen LogP contribution in [0.4, 0.5) is 0 Å².